The Hall–Kier alpha value is -2.21. The van der Waals surface area contributed by atoms with Crippen molar-refractivity contribution in [2.75, 3.05) is 0 Å². The smallest absolute Gasteiger partial charge is 0.272 e. The molecule has 6 heteroatoms. The Morgan fingerprint density at radius 2 is 1.91 bits per heavy atom. The van der Waals surface area contributed by atoms with Crippen LogP contribution < -0.4 is 11.1 Å². The van der Waals surface area contributed by atoms with Crippen molar-refractivity contribution >= 4 is 23.2 Å². The van der Waals surface area contributed by atoms with Crippen molar-refractivity contribution in [3.63, 3.8) is 0 Å². The average Bonchev–Trinajstić information content (AvgIpc) is 2.89. The largest absolute Gasteiger partial charge is 0.368 e. The number of benzene rings is 1. The summed E-state index contributed by atoms with van der Waals surface area (Å²) in [6.07, 6.45) is 0.505. The van der Waals surface area contributed by atoms with Gasteiger partial charge in [-0.15, -0.1) is 11.3 Å². The van der Waals surface area contributed by atoms with Crippen molar-refractivity contribution in [3.8, 4) is 10.4 Å². The van der Waals surface area contributed by atoms with Crippen molar-refractivity contribution in [3.05, 3.63) is 41.0 Å². The Balaban J connectivity index is 2.28. The molecule has 1 aromatic heterocycles. The fraction of sp³-hybridized carbons (Fsp3) is 0.353. The standard InChI is InChI=1S/C17H21N3O2S/c1-10(2)9-13(16(18)21)20-17(22)14-15(23-11(3)19-14)12-7-5-4-6-8-12/h4-8,10,13H,9H2,1-3H3,(H2,18,21)(H,20,22). The molecule has 2 rings (SSSR count). The number of carbonyl (C=O) groups excluding carboxylic acids is 2. The maximum atomic E-state index is 12.6. The summed E-state index contributed by atoms with van der Waals surface area (Å²) in [5.74, 6) is -0.642. The van der Waals surface area contributed by atoms with Crippen molar-refractivity contribution in [1.82, 2.24) is 10.3 Å². The molecule has 0 aliphatic rings. The third kappa shape index (κ3) is 4.39. The molecule has 5 nitrogen and oxygen atoms in total. The van der Waals surface area contributed by atoms with E-state index in [1.165, 1.54) is 11.3 Å². The zero-order valence-electron chi connectivity index (χ0n) is 13.5. The van der Waals surface area contributed by atoms with Gasteiger partial charge in [-0.25, -0.2) is 4.98 Å². The lowest BCUT2D eigenvalue weighted by molar-refractivity contribution is -0.120. The highest BCUT2D eigenvalue weighted by atomic mass is 32.1. The second-order valence-corrected chi connectivity index (χ2v) is 7.04. The van der Waals surface area contributed by atoms with Gasteiger partial charge in [0.1, 0.15) is 11.7 Å². The van der Waals surface area contributed by atoms with E-state index in [4.69, 9.17) is 5.73 Å². The molecule has 0 saturated heterocycles. The lowest BCUT2D eigenvalue weighted by atomic mass is 10.0. The number of amides is 2. The van der Waals surface area contributed by atoms with Crippen LogP contribution in [0.4, 0.5) is 0 Å². The first-order valence-electron chi connectivity index (χ1n) is 7.51. The van der Waals surface area contributed by atoms with Crippen LogP contribution in [-0.4, -0.2) is 22.8 Å². The van der Waals surface area contributed by atoms with E-state index >= 15 is 0 Å². The number of nitrogens with two attached hydrogens (primary N) is 1. The van der Waals surface area contributed by atoms with Gasteiger partial charge in [-0.2, -0.15) is 0 Å². The molecule has 0 saturated carbocycles. The zero-order valence-corrected chi connectivity index (χ0v) is 14.3. The van der Waals surface area contributed by atoms with Crippen LogP contribution in [0.3, 0.4) is 0 Å². The molecule has 0 spiro atoms. The summed E-state index contributed by atoms with van der Waals surface area (Å²) in [5, 5.41) is 3.52. The van der Waals surface area contributed by atoms with E-state index in [0.29, 0.717) is 12.1 Å². The van der Waals surface area contributed by atoms with Crippen molar-refractivity contribution in [2.24, 2.45) is 11.7 Å². The fourth-order valence-electron chi connectivity index (χ4n) is 2.31. The van der Waals surface area contributed by atoms with Crippen LogP contribution in [0.1, 0.15) is 35.8 Å². The SMILES string of the molecule is Cc1nc(C(=O)NC(CC(C)C)C(N)=O)c(-c2ccccc2)s1. The minimum absolute atomic E-state index is 0.249. The van der Waals surface area contributed by atoms with Gasteiger partial charge < -0.3 is 11.1 Å². The number of primary amides is 1. The number of carbonyl (C=O) groups is 2. The molecule has 0 aliphatic heterocycles. The molecule has 2 aromatic rings. The quantitative estimate of drug-likeness (QED) is 0.853. The van der Waals surface area contributed by atoms with Gasteiger partial charge in [0, 0.05) is 0 Å². The molecular formula is C17H21N3O2S. The van der Waals surface area contributed by atoms with Crippen molar-refractivity contribution < 1.29 is 9.59 Å². The first-order valence-corrected chi connectivity index (χ1v) is 8.33. The molecule has 1 aromatic carbocycles. The number of hydrogen-bond donors (Lipinski definition) is 2. The highest BCUT2D eigenvalue weighted by molar-refractivity contribution is 7.15. The molecule has 0 fully saturated rings. The van der Waals surface area contributed by atoms with E-state index in [9.17, 15) is 9.59 Å². The Labute approximate surface area is 139 Å². The van der Waals surface area contributed by atoms with E-state index in [-0.39, 0.29) is 11.8 Å². The van der Waals surface area contributed by atoms with Gasteiger partial charge >= 0.3 is 0 Å². The number of nitrogens with one attached hydrogen (secondary N) is 1. The Kier molecular flexibility index (Phi) is 5.50. The van der Waals surface area contributed by atoms with E-state index < -0.39 is 11.9 Å². The summed E-state index contributed by atoms with van der Waals surface area (Å²) in [5.41, 5.74) is 6.67. The maximum absolute atomic E-state index is 12.6. The van der Waals surface area contributed by atoms with Crippen molar-refractivity contribution in [2.45, 2.75) is 33.2 Å². The predicted molar refractivity (Wildman–Crippen MR) is 92.2 cm³/mol. The number of nitrogens with zero attached hydrogens (tertiary/aromatic N) is 1. The molecule has 0 bridgehead atoms. The molecule has 3 N–H and O–H groups in total. The molecule has 122 valence electrons. The fourth-order valence-corrected chi connectivity index (χ4v) is 3.23. The summed E-state index contributed by atoms with van der Waals surface area (Å²) in [7, 11) is 0. The minimum Gasteiger partial charge on any atom is -0.368 e. The van der Waals surface area contributed by atoms with Crippen LogP contribution in [-0.2, 0) is 4.79 Å². The monoisotopic (exact) mass is 331 g/mol. The molecule has 0 aliphatic carbocycles. The van der Waals surface area contributed by atoms with E-state index in [1.54, 1.807) is 0 Å². The topological polar surface area (TPSA) is 85.1 Å². The van der Waals surface area contributed by atoms with Gasteiger partial charge in [-0.05, 0) is 24.8 Å². The lowest BCUT2D eigenvalue weighted by Gasteiger charge is -2.17. The van der Waals surface area contributed by atoms with Gasteiger partial charge in [0.05, 0.1) is 9.88 Å². The predicted octanol–water partition coefficient (Wildman–Crippen LogP) is 2.75. The number of aryl methyl sites for hydroxylation is 1. The Morgan fingerprint density at radius 1 is 1.26 bits per heavy atom. The van der Waals surface area contributed by atoms with Gasteiger partial charge in [0.15, 0.2) is 0 Å². The number of rotatable bonds is 6. The third-order valence-electron chi connectivity index (χ3n) is 3.34. The molecule has 1 unspecified atom stereocenters. The second-order valence-electron chi connectivity index (χ2n) is 5.83. The van der Waals surface area contributed by atoms with Crippen LogP contribution >= 0.6 is 11.3 Å². The Morgan fingerprint density at radius 3 is 2.48 bits per heavy atom. The lowest BCUT2D eigenvalue weighted by Crippen LogP contribution is -2.45. The molecule has 2 amide bonds. The van der Waals surface area contributed by atoms with Gasteiger partial charge in [0.25, 0.3) is 5.91 Å². The molecular weight excluding hydrogens is 310 g/mol. The van der Waals surface area contributed by atoms with Gasteiger partial charge in [0.2, 0.25) is 5.91 Å². The summed E-state index contributed by atoms with van der Waals surface area (Å²) < 4.78 is 0. The highest BCUT2D eigenvalue weighted by Crippen LogP contribution is 2.30. The zero-order chi connectivity index (χ0) is 17.0. The van der Waals surface area contributed by atoms with E-state index in [2.05, 4.69) is 10.3 Å². The van der Waals surface area contributed by atoms with Crippen molar-refractivity contribution in [1.29, 1.82) is 0 Å². The number of aromatic nitrogens is 1. The number of thiazole rings is 1. The van der Waals surface area contributed by atoms with E-state index in [0.717, 1.165) is 15.4 Å². The first-order chi connectivity index (χ1) is 10.9. The minimum atomic E-state index is -0.687. The van der Waals surface area contributed by atoms with E-state index in [1.807, 2.05) is 51.1 Å². The summed E-state index contributed by atoms with van der Waals surface area (Å²) in [4.78, 5) is 29.3. The Bertz CT molecular complexity index is 695. The summed E-state index contributed by atoms with van der Waals surface area (Å²) in [6.45, 7) is 5.81. The molecule has 1 heterocycles. The van der Waals surface area contributed by atoms with Crippen LogP contribution in [0, 0.1) is 12.8 Å². The normalized spacial score (nSPS) is 12.2. The average molecular weight is 331 g/mol. The van der Waals surface area contributed by atoms with Crippen LogP contribution in [0.25, 0.3) is 10.4 Å². The van der Waals surface area contributed by atoms with Crippen LogP contribution in [0.5, 0.6) is 0 Å². The van der Waals surface area contributed by atoms with Crippen LogP contribution in [0.2, 0.25) is 0 Å². The first kappa shape index (κ1) is 17.1. The van der Waals surface area contributed by atoms with Crippen LogP contribution in [0.15, 0.2) is 30.3 Å². The van der Waals surface area contributed by atoms with Gasteiger partial charge in [-0.3, -0.25) is 9.59 Å². The summed E-state index contributed by atoms with van der Waals surface area (Å²) >= 11 is 1.46. The molecule has 23 heavy (non-hydrogen) atoms. The second kappa shape index (κ2) is 7.37. The number of hydrogen-bond acceptors (Lipinski definition) is 4. The highest BCUT2D eigenvalue weighted by Gasteiger charge is 2.24. The summed E-state index contributed by atoms with van der Waals surface area (Å²) in [6, 6.07) is 8.93. The molecule has 1 atom stereocenters. The maximum Gasteiger partial charge on any atom is 0.272 e. The van der Waals surface area contributed by atoms with Gasteiger partial charge in [-0.1, -0.05) is 44.2 Å². The third-order valence-corrected chi connectivity index (χ3v) is 4.36. The molecule has 0 radical (unpaired) electrons.